The molecule has 20 heavy (non-hydrogen) atoms. The number of rotatable bonds is 6. The number of hydrogen-bond donors (Lipinski definition) is 2. The summed E-state index contributed by atoms with van der Waals surface area (Å²) in [4.78, 5) is 11.8. The molecule has 0 aliphatic rings. The number of aromatic carboxylic acids is 1. The highest BCUT2D eigenvalue weighted by atomic mass is 19.1. The summed E-state index contributed by atoms with van der Waals surface area (Å²) in [6.07, 6.45) is 0.319. The molecule has 0 radical (unpaired) electrons. The normalized spacial score (nSPS) is 12.1. The van der Waals surface area contributed by atoms with Crippen molar-refractivity contribution in [3.05, 3.63) is 35.9 Å². The largest absolute Gasteiger partial charge is 0.491 e. The van der Waals surface area contributed by atoms with E-state index < -0.39 is 23.5 Å². The Morgan fingerprint density at radius 3 is 2.90 bits per heavy atom. The van der Waals surface area contributed by atoms with E-state index in [1.54, 1.807) is 0 Å². The molecule has 0 spiro atoms. The average molecular weight is 282 g/mol. The molecule has 1 aromatic carbocycles. The fourth-order valence-corrected chi connectivity index (χ4v) is 1.46. The fraction of sp³-hybridized carbons (Fsp3) is 0.273. The number of benzene rings is 1. The zero-order valence-electron chi connectivity index (χ0n) is 10.2. The summed E-state index contributed by atoms with van der Waals surface area (Å²) in [6.45, 7) is -0.0386. The van der Waals surface area contributed by atoms with Crippen LogP contribution in [-0.4, -0.2) is 49.1 Å². The second-order valence-electron chi connectivity index (χ2n) is 3.90. The summed E-state index contributed by atoms with van der Waals surface area (Å²) >= 11 is 0. The van der Waals surface area contributed by atoms with Gasteiger partial charge in [0.1, 0.15) is 24.3 Å². The van der Waals surface area contributed by atoms with Gasteiger partial charge in [0, 0.05) is 6.07 Å². The molecule has 0 bridgehead atoms. The third-order valence-corrected chi connectivity index (χ3v) is 2.38. The number of carbonyl (C=O) groups is 1. The van der Waals surface area contributed by atoms with Crippen molar-refractivity contribution in [1.82, 2.24) is 20.2 Å². The standard InChI is InChI=1S/C11H11FN4O4/c12-10-3-8(1-2-9(10)11(18)19)20-5-7(17)4-16-14-6-13-15-16/h1-3,6-7,17H,4-5H2,(H,18,19). The average Bonchev–Trinajstić information content (AvgIpc) is 2.89. The third-order valence-electron chi connectivity index (χ3n) is 2.38. The predicted octanol–water partition coefficient (Wildman–Crippen LogP) is -0.0497. The van der Waals surface area contributed by atoms with E-state index in [1.807, 2.05) is 0 Å². The fourth-order valence-electron chi connectivity index (χ4n) is 1.46. The van der Waals surface area contributed by atoms with Crippen LogP contribution in [0.3, 0.4) is 0 Å². The van der Waals surface area contributed by atoms with E-state index >= 15 is 0 Å². The summed E-state index contributed by atoms with van der Waals surface area (Å²) in [5.41, 5.74) is -0.440. The summed E-state index contributed by atoms with van der Waals surface area (Å²) in [6, 6.07) is 3.36. The zero-order valence-corrected chi connectivity index (χ0v) is 10.2. The van der Waals surface area contributed by atoms with Crippen molar-refractivity contribution in [2.45, 2.75) is 12.6 Å². The van der Waals surface area contributed by atoms with Crippen LogP contribution in [0.1, 0.15) is 10.4 Å². The number of aromatic nitrogens is 4. The molecule has 0 saturated carbocycles. The Kier molecular flexibility index (Phi) is 4.20. The summed E-state index contributed by atoms with van der Waals surface area (Å²) in [5.74, 6) is -2.13. The summed E-state index contributed by atoms with van der Waals surface area (Å²) < 4.78 is 18.5. The highest BCUT2D eigenvalue weighted by Gasteiger charge is 2.12. The number of carboxylic acid groups (broad SMARTS) is 1. The first kappa shape index (κ1) is 13.9. The quantitative estimate of drug-likeness (QED) is 0.764. The van der Waals surface area contributed by atoms with Crippen molar-refractivity contribution in [1.29, 1.82) is 0 Å². The molecule has 0 aliphatic carbocycles. The van der Waals surface area contributed by atoms with Crippen molar-refractivity contribution < 1.29 is 24.1 Å². The molecule has 0 aliphatic heterocycles. The summed E-state index contributed by atoms with van der Waals surface area (Å²) in [5, 5.41) is 29.1. The van der Waals surface area contributed by atoms with Crippen molar-refractivity contribution in [2.75, 3.05) is 6.61 Å². The Labute approximate surface area is 112 Å². The lowest BCUT2D eigenvalue weighted by molar-refractivity contribution is 0.0690. The van der Waals surface area contributed by atoms with Crippen LogP contribution in [0, 0.1) is 5.82 Å². The van der Waals surface area contributed by atoms with Crippen LogP contribution < -0.4 is 4.74 Å². The Hall–Kier alpha value is -2.55. The minimum Gasteiger partial charge on any atom is -0.491 e. The number of carboxylic acids is 1. The number of aliphatic hydroxyl groups is 1. The van der Waals surface area contributed by atoms with E-state index in [4.69, 9.17) is 9.84 Å². The van der Waals surface area contributed by atoms with E-state index in [0.29, 0.717) is 0 Å². The van der Waals surface area contributed by atoms with Crippen LogP contribution >= 0.6 is 0 Å². The van der Waals surface area contributed by atoms with Crippen LogP contribution in [0.2, 0.25) is 0 Å². The Balaban J connectivity index is 1.90. The highest BCUT2D eigenvalue weighted by Crippen LogP contribution is 2.17. The third kappa shape index (κ3) is 3.48. The minimum atomic E-state index is -1.36. The number of hydrogen-bond acceptors (Lipinski definition) is 6. The molecule has 2 rings (SSSR count). The topological polar surface area (TPSA) is 110 Å². The molecular formula is C11H11FN4O4. The molecule has 2 N–H and O–H groups in total. The van der Waals surface area contributed by atoms with Gasteiger partial charge in [-0.15, -0.1) is 10.2 Å². The van der Waals surface area contributed by atoms with Gasteiger partial charge in [-0.2, -0.15) is 4.80 Å². The van der Waals surface area contributed by atoms with Gasteiger partial charge in [0.05, 0.1) is 12.1 Å². The maximum absolute atomic E-state index is 13.4. The molecule has 9 heteroatoms. The van der Waals surface area contributed by atoms with Gasteiger partial charge in [0.15, 0.2) is 6.33 Å². The number of aliphatic hydroxyl groups excluding tert-OH is 1. The first-order valence-electron chi connectivity index (χ1n) is 5.60. The van der Waals surface area contributed by atoms with Crippen molar-refractivity contribution >= 4 is 5.97 Å². The molecule has 1 unspecified atom stereocenters. The summed E-state index contributed by atoms with van der Waals surface area (Å²) in [7, 11) is 0. The van der Waals surface area contributed by atoms with Gasteiger partial charge in [0.25, 0.3) is 0 Å². The van der Waals surface area contributed by atoms with Gasteiger partial charge in [-0.1, -0.05) is 0 Å². The number of halogens is 1. The van der Waals surface area contributed by atoms with E-state index in [9.17, 15) is 14.3 Å². The number of ether oxygens (including phenoxy) is 1. The monoisotopic (exact) mass is 282 g/mol. The van der Waals surface area contributed by atoms with E-state index in [2.05, 4.69) is 15.4 Å². The molecule has 1 heterocycles. The molecule has 0 amide bonds. The second-order valence-corrected chi connectivity index (χ2v) is 3.90. The smallest absolute Gasteiger partial charge is 0.338 e. The van der Waals surface area contributed by atoms with E-state index in [-0.39, 0.29) is 18.9 Å². The van der Waals surface area contributed by atoms with Gasteiger partial charge >= 0.3 is 5.97 Å². The van der Waals surface area contributed by atoms with Gasteiger partial charge in [-0.3, -0.25) is 0 Å². The van der Waals surface area contributed by atoms with Gasteiger partial charge in [0.2, 0.25) is 0 Å². The highest BCUT2D eigenvalue weighted by molar-refractivity contribution is 5.88. The van der Waals surface area contributed by atoms with Gasteiger partial charge in [-0.05, 0) is 17.3 Å². The first-order chi connectivity index (χ1) is 9.56. The SMILES string of the molecule is O=C(O)c1ccc(OCC(O)Cn2ncnn2)cc1F. The van der Waals surface area contributed by atoms with Crippen LogP contribution in [-0.2, 0) is 6.54 Å². The minimum absolute atomic E-state index is 0.0791. The maximum Gasteiger partial charge on any atom is 0.338 e. The predicted molar refractivity (Wildman–Crippen MR) is 62.7 cm³/mol. The second kappa shape index (κ2) is 6.06. The molecule has 106 valence electrons. The lowest BCUT2D eigenvalue weighted by atomic mass is 10.2. The number of nitrogens with zero attached hydrogens (tertiary/aromatic N) is 4. The zero-order chi connectivity index (χ0) is 14.5. The molecule has 0 fully saturated rings. The van der Waals surface area contributed by atoms with Crippen molar-refractivity contribution in [2.24, 2.45) is 0 Å². The Morgan fingerprint density at radius 2 is 2.30 bits per heavy atom. The molecule has 2 aromatic rings. The Bertz CT molecular complexity index is 590. The van der Waals surface area contributed by atoms with E-state index in [0.717, 1.165) is 12.1 Å². The van der Waals surface area contributed by atoms with Crippen LogP contribution in [0.5, 0.6) is 5.75 Å². The molecule has 0 saturated heterocycles. The molecule has 1 atom stereocenters. The van der Waals surface area contributed by atoms with Crippen LogP contribution in [0.25, 0.3) is 0 Å². The molecular weight excluding hydrogens is 271 g/mol. The first-order valence-corrected chi connectivity index (χ1v) is 5.60. The van der Waals surface area contributed by atoms with Crippen molar-refractivity contribution in [3.63, 3.8) is 0 Å². The van der Waals surface area contributed by atoms with Crippen molar-refractivity contribution in [3.8, 4) is 5.75 Å². The lowest BCUT2D eigenvalue weighted by Crippen LogP contribution is -2.25. The van der Waals surface area contributed by atoms with Crippen LogP contribution in [0.15, 0.2) is 24.5 Å². The molecule has 8 nitrogen and oxygen atoms in total. The Morgan fingerprint density at radius 1 is 1.50 bits per heavy atom. The van der Waals surface area contributed by atoms with Crippen LogP contribution in [0.4, 0.5) is 4.39 Å². The van der Waals surface area contributed by atoms with Gasteiger partial charge < -0.3 is 14.9 Å². The maximum atomic E-state index is 13.4. The number of tetrazole rings is 1. The van der Waals surface area contributed by atoms with Gasteiger partial charge in [-0.25, -0.2) is 9.18 Å². The van der Waals surface area contributed by atoms with E-state index in [1.165, 1.54) is 17.2 Å². The molecule has 1 aromatic heterocycles. The lowest BCUT2D eigenvalue weighted by Gasteiger charge is -2.11.